The van der Waals surface area contributed by atoms with Gasteiger partial charge in [-0.1, -0.05) is 26.8 Å². The summed E-state index contributed by atoms with van der Waals surface area (Å²) in [6.07, 6.45) is 2.13. The van der Waals surface area contributed by atoms with Crippen LogP contribution in [0.5, 0.6) is 0 Å². The number of carbonyl (C=O) groups is 3. The quantitative estimate of drug-likeness (QED) is 0.768. The summed E-state index contributed by atoms with van der Waals surface area (Å²) in [6, 6.07) is 3.74. The van der Waals surface area contributed by atoms with E-state index in [9.17, 15) is 14.4 Å². The van der Waals surface area contributed by atoms with Crippen LogP contribution in [-0.2, 0) is 9.59 Å². The highest BCUT2D eigenvalue weighted by atomic mass is 32.1. The van der Waals surface area contributed by atoms with E-state index in [0.717, 1.165) is 30.8 Å². The zero-order valence-corrected chi connectivity index (χ0v) is 19.2. The van der Waals surface area contributed by atoms with E-state index in [-0.39, 0.29) is 23.1 Å². The minimum absolute atomic E-state index is 0.0632. The first-order valence-electron chi connectivity index (χ1n) is 10.9. The topological polar surface area (TPSA) is 73.0 Å². The minimum atomic E-state index is -0.378. The van der Waals surface area contributed by atoms with E-state index in [2.05, 4.69) is 10.2 Å². The van der Waals surface area contributed by atoms with E-state index in [4.69, 9.17) is 0 Å². The van der Waals surface area contributed by atoms with Crippen molar-refractivity contribution < 1.29 is 14.4 Å². The van der Waals surface area contributed by atoms with Crippen LogP contribution in [0.2, 0.25) is 0 Å². The van der Waals surface area contributed by atoms with Gasteiger partial charge in [-0.3, -0.25) is 19.3 Å². The summed E-state index contributed by atoms with van der Waals surface area (Å²) in [4.78, 5) is 44.0. The van der Waals surface area contributed by atoms with Crippen LogP contribution in [0.15, 0.2) is 17.5 Å². The Morgan fingerprint density at radius 3 is 2.43 bits per heavy atom. The summed E-state index contributed by atoms with van der Waals surface area (Å²) >= 11 is 1.46. The number of piperazine rings is 1. The number of amides is 3. The molecule has 7 nitrogen and oxygen atoms in total. The standard InChI is InChI=1S/C22H34N4O3S/c1-22(2,3)21(29)23-14-17-6-4-8-24(15-17)16-19(27)25-9-11-26(12-10-25)20(28)18-7-5-13-30-18/h5,7,13,17H,4,6,8-12,14-16H2,1-3H3,(H,23,29). The van der Waals surface area contributed by atoms with Crippen molar-refractivity contribution >= 4 is 29.1 Å². The molecule has 3 rings (SSSR count). The Hall–Kier alpha value is -1.93. The van der Waals surface area contributed by atoms with Crippen LogP contribution in [0.25, 0.3) is 0 Å². The maximum absolute atomic E-state index is 12.8. The Bertz CT molecular complexity index is 736. The number of piperidine rings is 1. The van der Waals surface area contributed by atoms with Gasteiger partial charge in [-0.15, -0.1) is 11.3 Å². The molecule has 3 heterocycles. The van der Waals surface area contributed by atoms with Crippen molar-refractivity contribution in [1.82, 2.24) is 20.0 Å². The lowest BCUT2D eigenvalue weighted by Crippen LogP contribution is -2.53. The zero-order valence-electron chi connectivity index (χ0n) is 18.4. The molecule has 2 fully saturated rings. The van der Waals surface area contributed by atoms with Gasteiger partial charge in [0.15, 0.2) is 0 Å². The maximum atomic E-state index is 12.8. The number of thiophene rings is 1. The molecule has 3 amide bonds. The Morgan fingerprint density at radius 1 is 1.10 bits per heavy atom. The summed E-state index contributed by atoms with van der Waals surface area (Å²) in [7, 11) is 0. The third kappa shape index (κ3) is 6.04. The number of hydrogen-bond donors (Lipinski definition) is 1. The molecule has 2 aliphatic heterocycles. The molecule has 1 aromatic rings. The molecule has 1 aromatic heterocycles. The first kappa shape index (κ1) is 22.7. The SMILES string of the molecule is CC(C)(C)C(=O)NCC1CCCN(CC(=O)N2CCN(C(=O)c3cccs3)CC2)C1. The van der Waals surface area contributed by atoms with Crippen molar-refractivity contribution in [3.63, 3.8) is 0 Å². The van der Waals surface area contributed by atoms with Crippen LogP contribution in [0.1, 0.15) is 43.3 Å². The molecule has 0 radical (unpaired) electrons. The number of hydrogen-bond acceptors (Lipinski definition) is 5. The van der Waals surface area contributed by atoms with Crippen LogP contribution in [0.4, 0.5) is 0 Å². The van der Waals surface area contributed by atoms with Crippen LogP contribution in [0.3, 0.4) is 0 Å². The molecule has 1 N–H and O–H groups in total. The fourth-order valence-electron chi connectivity index (χ4n) is 3.97. The van der Waals surface area contributed by atoms with E-state index < -0.39 is 0 Å². The minimum Gasteiger partial charge on any atom is -0.355 e. The smallest absolute Gasteiger partial charge is 0.264 e. The maximum Gasteiger partial charge on any atom is 0.264 e. The molecule has 2 aliphatic rings. The Morgan fingerprint density at radius 2 is 1.80 bits per heavy atom. The average molecular weight is 435 g/mol. The molecule has 8 heteroatoms. The third-order valence-corrected chi connectivity index (χ3v) is 6.70. The van der Waals surface area contributed by atoms with E-state index in [0.29, 0.717) is 45.2 Å². The Kier molecular flexibility index (Phi) is 7.52. The normalized spacial score (nSPS) is 20.8. The number of likely N-dealkylation sites (tertiary alicyclic amines) is 1. The second-order valence-corrected chi connectivity index (χ2v) is 10.3. The fourth-order valence-corrected chi connectivity index (χ4v) is 4.66. The van der Waals surface area contributed by atoms with Gasteiger partial charge in [0.1, 0.15) is 0 Å². The fraction of sp³-hybridized carbons (Fsp3) is 0.682. The van der Waals surface area contributed by atoms with Gasteiger partial charge in [-0.25, -0.2) is 0 Å². The first-order valence-corrected chi connectivity index (χ1v) is 11.7. The van der Waals surface area contributed by atoms with Gasteiger partial charge in [-0.05, 0) is 36.8 Å². The second kappa shape index (κ2) is 9.92. The molecular formula is C22H34N4O3S. The lowest BCUT2D eigenvalue weighted by Gasteiger charge is -2.37. The number of carbonyl (C=O) groups excluding carboxylic acids is 3. The summed E-state index contributed by atoms with van der Waals surface area (Å²) in [5.41, 5.74) is -0.378. The predicted octanol–water partition coefficient (Wildman–Crippen LogP) is 1.91. The highest BCUT2D eigenvalue weighted by Crippen LogP contribution is 2.18. The lowest BCUT2D eigenvalue weighted by molar-refractivity contribution is -0.134. The Balaban J connectivity index is 1.41. The molecule has 0 aliphatic carbocycles. The number of nitrogens with one attached hydrogen (secondary N) is 1. The van der Waals surface area contributed by atoms with E-state index in [1.54, 1.807) is 0 Å². The van der Waals surface area contributed by atoms with Gasteiger partial charge in [0.05, 0.1) is 11.4 Å². The molecule has 0 bridgehead atoms. The first-order chi connectivity index (χ1) is 14.2. The number of nitrogens with zero attached hydrogens (tertiary/aromatic N) is 3. The van der Waals surface area contributed by atoms with Crippen molar-refractivity contribution in [1.29, 1.82) is 0 Å². The van der Waals surface area contributed by atoms with E-state index >= 15 is 0 Å². The Labute approximate surface area is 183 Å². The molecule has 166 valence electrons. The zero-order chi connectivity index (χ0) is 21.7. The summed E-state index contributed by atoms with van der Waals surface area (Å²) in [6.45, 7) is 11.0. The molecule has 0 aromatic carbocycles. The summed E-state index contributed by atoms with van der Waals surface area (Å²) < 4.78 is 0. The molecule has 2 saturated heterocycles. The largest absolute Gasteiger partial charge is 0.355 e. The summed E-state index contributed by atoms with van der Waals surface area (Å²) in [5.74, 6) is 0.662. The van der Waals surface area contributed by atoms with Gasteiger partial charge in [0, 0.05) is 44.7 Å². The van der Waals surface area contributed by atoms with Gasteiger partial charge >= 0.3 is 0 Å². The van der Waals surface area contributed by atoms with Crippen molar-refractivity contribution in [2.45, 2.75) is 33.6 Å². The molecular weight excluding hydrogens is 400 g/mol. The molecule has 0 spiro atoms. The highest BCUT2D eigenvalue weighted by Gasteiger charge is 2.28. The van der Waals surface area contributed by atoms with E-state index in [1.807, 2.05) is 48.1 Å². The predicted molar refractivity (Wildman–Crippen MR) is 118 cm³/mol. The summed E-state index contributed by atoms with van der Waals surface area (Å²) in [5, 5.41) is 4.97. The van der Waals surface area contributed by atoms with Crippen LogP contribution in [-0.4, -0.2) is 84.8 Å². The van der Waals surface area contributed by atoms with Gasteiger partial charge in [0.2, 0.25) is 11.8 Å². The van der Waals surface area contributed by atoms with Crippen LogP contribution >= 0.6 is 11.3 Å². The van der Waals surface area contributed by atoms with Crippen LogP contribution < -0.4 is 5.32 Å². The van der Waals surface area contributed by atoms with Crippen molar-refractivity contribution in [2.24, 2.45) is 11.3 Å². The highest BCUT2D eigenvalue weighted by molar-refractivity contribution is 7.12. The van der Waals surface area contributed by atoms with E-state index in [1.165, 1.54) is 11.3 Å². The average Bonchev–Trinajstić information content (AvgIpc) is 3.26. The molecule has 1 unspecified atom stereocenters. The lowest BCUT2D eigenvalue weighted by atomic mass is 9.94. The van der Waals surface area contributed by atoms with Gasteiger partial charge in [-0.2, -0.15) is 0 Å². The monoisotopic (exact) mass is 434 g/mol. The molecule has 1 atom stereocenters. The number of rotatable bonds is 5. The van der Waals surface area contributed by atoms with Crippen molar-refractivity contribution in [3.8, 4) is 0 Å². The van der Waals surface area contributed by atoms with Crippen molar-refractivity contribution in [3.05, 3.63) is 22.4 Å². The third-order valence-electron chi connectivity index (χ3n) is 5.85. The molecule has 30 heavy (non-hydrogen) atoms. The molecule has 0 saturated carbocycles. The van der Waals surface area contributed by atoms with Gasteiger partial charge in [0.25, 0.3) is 5.91 Å². The van der Waals surface area contributed by atoms with Gasteiger partial charge < -0.3 is 15.1 Å². The van der Waals surface area contributed by atoms with Crippen molar-refractivity contribution in [2.75, 3.05) is 52.4 Å². The van der Waals surface area contributed by atoms with Crippen LogP contribution in [0, 0.1) is 11.3 Å². The second-order valence-electron chi connectivity index (χ2n) is 9.35.